The quantitative estimate of drug-likeness (QED) is 0.581. The first-order valence-corrected chi connectivity index (χ1v) is 11.1. The van der Waals surface area contributed by atoms with Crippen LogP contribution in [0.5, 0.6) is 0 Å². The van der Waals surface area contributed by atoms with Crippen LogP contribution in [0.15, 0.2) is 34.4 Å². The molecule has 0 heterocycles. The number of allylic oxidation sites excluding steroid dienone is 4. The van der Waals surface area contributed by atoms with Crippen LogP contribution in [0.2, 0.25) is 0 Å². The molecule has 0 aromatic rings. The minimum atomic E-state index is -0.662. The van der Waals surface area contributed by atoms with E-state index in [2.05, 4.69) is 39.8 Å². The minimum Gasteiger partial charge on any atom is -0.481 e. The number of hydrogen-bond acceptors (Lipinski definition) is 2. The standard InChI is InChI=1S/C25H38O3/c1-15-10-12-25(5)13-11-20(18(4)24(27)28)21(25)9-7-16(2)19-8-6-17(3)23(19)22(26)14-15/h7,10,17-18,20-22,26H,6,8-9,11-14H2,1-5H3,(H,27,28)/b15-10+,16-7-/t17-,18-,20-,21+,22-,25+/m0/s1. The third-order valence-electron chi connectivity index (χ3n) is 8.14. The first-order valence-electron chi connectivity index (χ1n) is 11.1. The summed E-state index contributed by atoms with van der Waals surface area (Å²) in [6.45, 7) is 10.8. The summed E-state index contributed by atoms with van der Waals surface area (Å²) in [7, 11) is 0. The largest absolute Gasteiger partial charge is 0.481 e. The van der Waals surface area contributed by atoms with E-state index in [-0.39, 0.29) is 23.4 Å². The monoisotopic (exact) mass is 386 g/mol. The molecule has 0 aliphatic heterocycles. The summed E-state index contributed by atoms with van der Waals surface area (Å²) < 4.78 is 0. The molecule has 1 fully saturated rings. The third kappa shape index (κ3) is 4.01. The van der Waals surface area contributed by atoms with Gasteiger partial charge in [-0.3, -0.25) is 4.79 Å². The zero-order valence-electron chi connectivity index (χ0n) is 18.3. The zero-order valence-corrected chi connectivity index (χ0v) is 18.3. The molecular weight excluding hydrogens is 348 g/mol. The molecule has 0 spiro atoms. The van der Waals surface area contributed by atoms with Crippen molar-refractivity contribution in [3.63, 3.8) is 0 Å². The molecular formula is C25H38O3. The molecule has 3 heteroatoms. The van der Waals surface area contributed by atoms with Crippen molar-refractivity contribution >= 4 is 5.97 Å². The van der Waals surface area contributed by atoms with Gasteiger partial charge in [-0.25, -0.2) is 0 Å². The predicted molar refractivity (Wildman–Crippen MR) is 114 cm³/mol. The Hall–Kier alpha value is -1.35. The Morgan fingerprint density at radius 3 is 2.64 bits per heavy atom. The lowest BCUT2D eigenvalue weighted by Crippen LogP contribution is -2.30. The lowest BCUT2D eigenvalue weighted by atomic mass is 9.69. The summed E-state index contributed by atoms with van der Waals surface area (Å²) in [6, 6.07) is 0. The summed E-state index contributed by atoms with van der Waals surface area (Å²) in [5, 5.41) is 20.6. The van der Waals surface area contributed by atoms with Gasteiger partial charge < -0.3 is 10.2 Å². The van der Waals surface area contributed by atoms with Crippen molar-refractivity contribution in [1.29, 1.82) is 0 Å². The van der Waals surface area contributed by atoms with Gasteiger partial charge in [0.25, 0.3) is 0 Å². The van der Waals surface area contributed by atoms with Gasteiger partial charge in [-0.05, 0) is 93.1 Å². The molecule has 3 rings (SSSR count). The van der Waals surface area contributed by atoms with Crippen LogP contribution < -0.4 is 0 Å². The molecule has 28 heavy (non-hydrogen) atoms. The van der Waals surface area contributed by atoms with Gasteiger partial charge in [0.1, 0.15) is 0 Å². The normalized spacial score (nSPS) is 41.6. The molecule has 0 aromatic carbocycles. The highest BCUT2D eigenvalue weighted by molar-refractivity contribution is 5.70. The number of hydrogen-bond donors (Lipinski definition) is 2. The van der Waals surface area contributed by atoms with Gasteiger partial charge in [-0.2, -0.15) is 0 Å². The Bertz CT molecular complexity index is 713. The number of rotatable bonds is 2. The van der Waals surface area contributed by atoms with Crippen molar-refractivity contribution in [2.75, 3.05) is 0 Å². The number of carboxylic acid groups (broad SMARTS) is 1. The average Bonchev–Trinajstić information content (AvgIpc) is 3.17. The van der Waals surface area contributed by atoms with E-state index in [1.165, 1.54) is 22.3 Å². The minimum absolute atomic E-state index is 0.136. The smallest absolute Gasteiger partial charge is 0.306 e. The SMILES string of the molecule is C/C1=C/C[C@@H]2[C@H]([C@H](C)C(=O)O)CC[C@@]2(C)C/C=C(\C)C[C@H](O)C2=C1CC[C@@H]2C. The molecule has 0 amide bonds. The van der Waals surface area contributed by atoms with Gasteiger partial charge in [-0.15, -0.1) is 0 Å². The van der Waals surface area contributed by atoms with E-state index in [0.29, 0.717) is 18.3 Å². The Morgan fingerprint density at radius 1 is 1.25 bits per heavy atom. The number of aliphatic hydroxyl groups is 1. The maximum absolute atomic E-state index is 11.7. The van der Waals surface area contributed by atoms with Gasteiger partial charge in [0.05, 0.1) is 12.0 Å². The zero-order chi connectivity index (χ0) is 20.6. The van der Waals surface area contributed by atoms with Crippen LogP contribution in [0.25, 0.3) is 0 Å². The highest BCUT2D eigenvalue weighted by atomic mass is 16.4. The number of aliphatic carboxylic acids is 1. The molecule has 1 saturated carbocycles. The molecule has 0 bridgehead atoms. The van der Waals surface area contributed by atoms with Crippen LogP contribution in [0.4, 0.5) is 0 Å². The predicted octanol–water partition coefficient (Wildman–Crippen LogP) is 5.90. The second kappa shape index (κ2) is 8.18. The second-order valence-electron chi connectivity index (χ2n) is 10.1. The van der Waals surface area contributed by atoms with Gasteiger partial charge in [0.15, 0.2) is 0 Å². The molecule has 0 aromatic heterocycles. The molecule has 0 radical (unpaired) electrons. The topological polar surface area (TPSA) is 57.5 Å². The summed E-state index contributed by atoms with van der Waals surface area (Å²) in [4.78, 5) is 11.7. The van der Waals surface area contributed by atoms with E-state index >= 15 is 0 Å². The van der Waals surface area contributed by atoms with Gasteiger partial charge in [-0.1, -0.05) is 44.1 Å². The first-order chi connectivity index (χ1) is 13.1. The number of carboxylic acids is 1. The van der Waals surface area contributed by atoms with Crippen LogP contribution in [0, 0.1) is 29.1 Å². The molecule has 3 aliphatic rings. The summed E-state index contributed by atoms with van der Waals surface area (Å²) in [6.07, 6.45) is 11.2. The molecule has 3 aliphatic carbocycles. The molecule has 3 nitrogen and oxygen atoms in total. The molecule has 156 valence electrons. The van der Waals surface area contributed by atoms with E-state index < -0.39 is 5.97 Å². The molecule has 6 atom stereocenters. The first kappa shape index (κ1) is 21.4. The highest BCUT2D eigenvalue weighted by Gasteiger charge is 2.47. The van der Waals surface area contributed by atoms with Crippen molar-refractivity contribution in [2.24, 2.45) is 29.1 Å². The lowest BCUT2D eigenvalue weighted by Gasteiger charge is -2.35. The van der Waals surface area contributed by atoms with E-state index in [1.54, 1.807) is 0 Å². The summed E-state index contributed by atoms with van der Waals surface area (Å²) >= 11 is 0. The fourth-order valence-electron chi connectivity index (χ4n) is 6.14. The van der Waals surface area contributed by atoms with Crippen LogP contribution in [0.1, 0.15) is 79.6 Å². The Labute approximate surface area is 170 Å². The lowest BCUT2D eigenvalue weighted by molar-refractivity contribution is -0.143. The summed E-state index contributed by atoms with van der Waals surface area (Å²) in [5.41, 5.74) is 5.30. The van der Waals surface area contributed by atoms with Gasteiger partial charge in [0, 0.05) is 0 Å². The Kier molecular flexibility index (Phi) is 6.24. The van der Waals surface area contributed by atoms with Crippen LogP contribution in [-0.2, 0) is 4.79 Å². The van der Waals surface area contributed by atoms with Crippen molar-refractivity contribution < 1.29 is 15.0 Å². The number of carbonyl (C=O) groups is 1. The average molecular weight is 387 g/mol. The summed E-state index contributed by atoms with van der Waals surface area (Å²) in [5.74, 6) is 0.127. The third-order valence-corrected chi connectivity index (χ3v) is 8.14. The second-order valence-corrected chi connectivity index (χ2v) is 10.1. The van der Waals surface area contributed by atoms with Gasteiger partial charge >= 0.3 is 5.97 Å². The van der Waals surface area contributed by atoms with Gasteiger partial charge in [0.2, 0.25) is 0 Å². The van der Waals surface area contributed by atoms with Crippen molar-refractivity contribution in [3.8, 4) is 0 Å². The van der Waals surface area contributed by atoms with Crippen LogP contribution in [-0.4, -0.2) is 22.3 Å². The molecule has 0 unspecified atom stereocenters. The fourth-order valence-corrected chi connectivity index (χ4v) is 6.14. The van der Waals surface area contributed by atoms with E-state index in [9.17, 15) is 15.0 Å². The Morgan fingerprint density at radius 2 is 1.96 bits per heavy atom. The van der Waals surface area contributed by atoms with Crippen LogP contribution >= 0.6 is 0 Å². The van der Waals surface area contributed by atoms with E-state index in [4.69, 9.17) is 0 Å². The Balaban J connectivity index is 2.01. The molecule has 2 N–H and O–H groups in total. The number of aliphatic hydroxyl groups excluding tert-OH is 1. The maximum atomic E-state index is 11.7. The highest BCUT2D eigenvalue weighted by Crippen LogP contribution is 2.54. The van der Waals surface area contributed by atoms with Crippen LogP contribution in [0.3, 0.4) is 0 Å². The van der Waals surface area contributed by atoms with E-state index in [0.717, 1.165) is 38.5 Å². The van der Waals surface area contributed by atoms with Crippen molar-refractivity contribution in [3.05, 3.63) is 34.4 Å². The van der Waals surface area contributed by atoms with Crippen molar-refractivity contribution in [2.45, 2.75) is 85.7 Å². The maximum Gasteiger partial charge on any atom is 0.306 e. The van der Waals surface area contributed by atoms with Crippen molar-refractivity contribution in [1.82, 2.24) is 0 Å². The van der Waals surface area contributed by atoms with E-state index in [1.807, 2.05) is 6.92 Å². The number of fused-ring (bicyclic) bond motifs is 1. The molecule has 0 saturated heterocycles. The fraction of sp³-hybridized carbons (Fsp3) is 0.720.